The second-order valence-electron chi connectivity index (χ2n) is 8.08. The normalized spacial score (nSPS) is 17.5. The number of piperidine rings is 1. The molecule has 1 aromatic rings. The number of carbonyl (C=O) groups excluding carboxylic acids is 3. The standard InChI is InChI=1S/C23H33N3O3/c1-4-24(5-2)23(29)26-14-9-19(10-15-26)22(28)25-12-8-18-6-7-20(17(3)27)16-21(18)11-13-25/h6-7,16,19H,4-5,8-15H2,1-3H3. The summed E-state index contributed by atoms with van der Waals surface area (Å²) in [6.07, 6.45) is 3.10. The Balaban J connectivity index is 1.57. The highest BCUT2D eigenvalue weighted by Gasteiger charge is 2.31. The molecule has 2 aliphatic rings. The Morgan fingerprint density at radius 3 is 2.14 bits per heavy atom. The number of ketones is 1. The fourth-order valence-corrected chi connectivity index (χ4v) is 4.43. The van der Waals surface area contributed by atoms with Gasteiger partial charge in [-0.15, -0.1) is 0 Å². The van der Waals surface area contributed by atoms with Gasteiger partial charge in [0.1, 0.15) is 0 Å². The topological polar surface area (TPSA) is 60.9 Å². The van der Waals surface area contributed by atoms with E-state index in [0.29, 0.717) is 32.7 Å². The number of hydrogen-bond acceptors (Lipinski definition) is 3. The Morgan fingerprint density at radius 2 is 1.55 bits per heavy atom. The maximum absolute atomic E-state index is 13.1. The highest BCUT2D eigenvalue weighted by molar-refractivity contribution is 5.94. The predicted octanol–water partition coefficient (Wildman–Crippen LogP) is 2.99. The number of carbonyl (C=O) groups is 3. The molecule has 0 unspecified atom stereocenters. The van der Waals surface area contributed by atoms with Crippen molar-refractivity contribution < 1.29 is 14.4 Å². The molecule has 0 saturated carbocycles. The van der Waals surface area contributed by atoms with Crippen molar-refractivity contribution in [1.29, 1.82) is 0 Å². The second-order valence-corrected chi connectivity index (χ2v) is 8.08. The molecular weight excluding hydrogens is 366 g/mol. The number of Topliss-reactive ketones (excluding diaryl/α,β-unsaturated/α-hetero) is 1. The number of benzene rings is 1. The SMILES string of the molecule is CCN(CC)C(=O)N1CCC(C(=O)N2CCc3ccc(C(C)=O)cc3CC2)CC1. The van der Waals surface area contributed by atoms with Gasteiger partial charge < -0.3 is 14.7 Å². The minimum atomic E-state index is 0.00439. The molecule has 1 saturated heterocycles. The average molecular weight is 400 g/mol. The largest absolute Gasteiger partial charge is 0.342 e. The molecule has 0 bridgehead atoms. The van der Waals surface area contributed by atoms with Gasteiger partial charge in [0, 0.05) is 50.7 Å². The lowest BCUT2D eigenvalue weighted by atomic mass is 9.95. The molecule has 0 aromatic heterocycles. The van der Waals surface area contributed by atoms with Gasteiger partial charge in [-0.25, -0.2) is 4.79 Å². The fraction of sp³-hybridized carbons (Fsp3) is 0.609. The van der Waals surface area contributed by atoms with E-state index in [1.54, 1.807) is 6.92 Å². The lowest BCUT2D eigenvalue weighted by molar-refractivity contribution is -0.136. The van der Waals surface area contributed by atoms with E-state index in [2.05, 4.69) is 0 Å². The van der Waals surface area contributed by atoms with E-state index in [1.165, 1.54) is 11.1 Å². The van der Waals surface area contributed by atoms with Crippen LogP contribution in [0.1, 0.15) is 55.1 Å². The van der Waals surface area contributed by atoms with Crippen molar-refractivity contribution >= 4 is 17.7 Å². The molecule has 158 valence electrons. The molecule has 2 heterocycles. The van der Waals surface area contributed by atoms with Crippen LogP contribution in [0.25, 0.3) is 0 Å². The third kappa shape index (κ3) is 4.80. The zero-order valence-corrected chi connectivity index (χ0v) is 17.9. The first-order valence-corrected chi connectivity index (χ1v) is 10.9. The van der Waals surface area contributed by atoms with Crippen molar-refractivity contribution in [1.82, 2.24) is 14.7 Å². The van der Waals surface area contributed by atoms with Crippen molar-refractivity contribution in [3.05, 3.63) is 34.9 Å². The van der Waals surface area contributed by atoms with Crippen LogP contribution in [0.15, 0.2) is 18.2 Å². The van der Waals surface area contributed by atoms with Crippen molar-refractivity contribution in [3.63, 3.8) is 0 Å². The van der Waals surface area contributed by atoms with Crippen LogP contribution in [0.3, 0.4) is 0 Å². The van der Waals surface area contributed by atoms with Gasteiger partial charge in [-0.2, -0.15) is 0 Å². The van der Waals surface area contributed by atoms with E-state index in [0.717, 1.165) is 37.8 Å². The summed E-state index contributed by atoms with van der Waals surface area (Å²) >= 11 is 0. The minimum absolute atomic E-state index is 0.00439. The van der Waals surface area contributed by atoms with Crippen LogP contribution in [0, 0.1) is 5.92 Å². The smallest absolute Gasteiger partial charge is 0.319 e. The van der Waals surface area contributed by atoms with Gasteiger partial charge in [-0.1, -0.05) is 12.1 Å². The van der Waals surface area contributed by atoms with Gasteiger partial charge in [0.2, 0.25) is 5.91 Å². The summed E-state index contributed by atoms with van der Waals surface area (Å²) in [6.45, 7) is 9.75. The first kappa shape index (κ1) is 21.3. The fourth-order valence-electron chi connectivity index (χ4n) is 4.43. The zero-order chi connectivity index (χ0) is 21.0. The number of fused-ring (bicyclic) bond motifs is 1. The van der Waals surface area contributed by atoms with E-state index >= 15 is 0 Å². The molecule has 0 aliphatic carbocycles. The average Bonchev–Trinajstić information content (AvgIpc) is 2.96. The van der Waals surface area contributed by atoms with Crippen LogP contribution in [0.4, 0.5) is 4.79 Å². The van der Waals surface area contributed by atoms with Crippen LogP contribution in [-0.2, 0) is 17.6 Å². The third-order valence-electron chi connectivity index (χ3n) is 6.38. The van der Waals surface area contributed by atoms with E-state index in [4.69, 9.17) is 0 Å². The van der Waals surface area contributed by atoms with Gasteiger partial charge in [0.25, 0.3) is 0 Å². The number of rotatable bonds is 4. The summed E-state index contributed by atoms with van der Waals surface area (Å²) in [6, 6.07) is 6.01. The van der Waals surface area contributed by atoms with Crippen molar-refractivity contribution in [3.8, 4) is 0 Å². The number of amides is 3. The highest BCUT2D eigenvalue weighted by atomic mass is 16.2. The van der Waals surface area contributed by atoms with Crippen LogP contribution in [0.5, 0.6) is 0 Å². The van der Waals surface area contributed by atoms with Crippen molar-refractivity contribution in [2.75, 3.05) is 39.3 Å². The summed E-state index contributed by atoms with van der Waals surface area (Å²) in [5.41, 5.74) is 3.17. The van der Waals surface area contributed by atoms with Crippen LogP contribution < -0.4 is 0 Å². The molecule has 2 aliphatic heterocycles. The number of nitrogens with zero attached hydrogens (tertiary/aromatic N) is 3. The molecular formula is C23H33N3O3. The lowest BCUT2D eigenvalue weighted by Crippen LogP contribution is -2.49. The van der Waals surface area contributed by atoms with Crippen molar-refractivity contribution in [2.45, 2.75) is 46.5 Å². The number of hydrogen-bond donors (Lipinski definition) is 0. The van der Waals surface area contributed by atoms with Crippen LogP contribution >= 0.6 is 0 Å². The summed E-state index contributed by atoms with van der Waals surface area (Å²) in [4.78, 5) is 43.0. The second kappa shape index (κ2) is 9.42. The Bertz CT molecular complexity index is 765. The molecule has 0 atom stereocenters. The summed E-state index contributed by atoms with van der Waals surface area (Å²) in [5, 5.41) is 0. The minimum Gasteiger partial charge on any atom is -0.342 e. The van der Waals surface area contributed by atoms with E-state index in [9.17, 15) is 14.4 Å². The maximum Gasteiger partial charge on any atom is 0.319 e. The number of urea groups is 1. The molecule has 3 rings (SSSR count). The molecule has 6 nitrogen and oxygen atoms in total. The van der Waals surface area contributed by atoms with Crippen molar-refractivity contribution in [2.24, 2.45) is 5.92 Å². The molecule has 0 N–H and O–H groups in total. The summed E-state index contributed by atoms with van der Waals surface area (Å²) < 4.78 is 0. The van der Waals surface area contributed by atoms with Gasteiger partial charge in [0.05, 0.1) is 0 Å². The predicted molar refractivity (Wildman–Crippen MR) is 113 cm³/mol. The first-order chi connectivity index (χ1) is 13.9. The molecule has 1 fully saturated rings. The first-order valence-electron chi connectivity index (χ1n) is 10.9. The Hall–Kier alpha value is -2.37. The third-order valence-corrected chi connectivity index (χ3v) is 6.38. The molecule has 1 aromatic carbocycles. The molecule has 6 heteroatoms. The summed E-state index contributed by atoms with van der Waals surface area (Å²) in [7, 11) is 0. The van der Waals surface area contributed by atoms with E-state index in [1.807, 2.05) is 46.7 Å². The van der Waals surface area contributed by atoms with Gasteiger partial charge in [-0.05, 0) is 63.6 Å². The van der Waals surface area contributed by atoms with E-state index in [-0.39, 0.29) is 23.6 Å². The Labute approximate surface area is 173 Å². The highest BCUT2D eigenvalue weighted by Crippen LogP contribution is 2.24. The monoisotopic (exact) mass is 399 g/mol. The molecule has 3 amide bonds. The zero-order valence-electron chi connectivity index (χ0n) is 17.9. The van der Waals surface area contributed by atoms with Crippen LogP contribution in [0.2, 0.25) is 0 Å². The quantitative estimate of drug-likeness (QED) is 0.732. The van der Waals surface area contributed by atoms with Crippen LogP contribution in [-0.4, -0.2) is 71.7 Å². The Kier molecular flexibility index (Phi) is 6.93. The maximum atomic E-state index is 13.1. The van der Waals surface area contributed by atoms with Gasteiger partial charge >= 0.3 is 6.03 Å². The molecule has 29 heavy (non-hydrogen) atoms. The van der Waals surface area contributed by atoms with Gasteiger partial charge in [-0.3, -0.25) is 9.59 Å². The summed E-state index contributed by atoms with van der Waals surface area (Å²) in [5.74, 6) is 0.306. The Morgan fingerprint density at radius 1 is 0.931 bits per heavy atom. The number of likely N-dealkylation sites (tertiary alicyclic amines) is 1. The molecule has 0 spiro atoms. The molecule has 0 radical (unpaired) electrons. The van der Waals surface area contributed by atoms with E-state index < -0.39 is 0 Å². The lowest BCUT2D eigenvalue weighted by Gasteiger charge is -2.36. The van der Waals surface area contributed by atoms with Gasteiger partial charge in [0.15, 0.2) is 5.78 Å².